The minimum absolute atomic E-state index is 0.891. The summed E-state index contributed by atoms with van der Waals surface area (Å²) in [4.78, 5) is 8.00. The number of aryl methyl sites for hydroxylation is 2. The summed E-state index contributed by atoms with van der Waals surface area (Å²) < 4.78 is 1.09. The molecule has 17 heavy (non-hydrogen) atoms. The van der Waals surface area contributed by atoms with Crippen LogP contribution < -0.4 is 0 Å². The van der Waals surface area contributed by atoms with E-state index in [0.717, 1.165) is 21.4 Å². The topological polar surface area (TPSA) is 25.8 Å². The fraction of sp³-hybridized carbons (Fsp3) is 0.143. The van der Waals surface area contributed by atoms with Crippen molar-refractivity contribution in [2.45, 2.75) is 13.8 Å². The van der Waals surface area contributed by atoms with Crippen molar-refractivity contribution < 1.29 is 0 Å². The molecule has 0 saturated carbocycles. The molecule has 0 radical (unpaired) electrons. The van der Waals surface area contributed by atoms with Crippen LogP contribution in [0.1, 0.15) is 17.0 Å². The molecule has 0 atom stereocenters. The fourth-order valence-corrected chi connectivity index (χ4v) is 1.60. The number of hydrogen-bond acceptors (Lipinski definition) is 2. The van der Waals surface area contributed by atoms with Gasteiger partial charge in [0.1, 0.15) is 0 Å². The molecule has 0 amide bonds. The Morgan fingerprint density at radius 3 is 2.00 bits per heavy atom. The molecule has 2 heterocycles. The molecule has 0 aliphatic carbocycles. The maximum atomic E-state index is 5.14. The first-order chi connectivity index (χ1) is 8.11. The molecule has 0 aliphatic heterocycles. The second kappa shape index (κ2) is 6.82. The van der Waals surface area contributed by atoms with E-state index < -0.39 is 0 Å². The summed E-state index contributed by atoms with van der Waals surface area (Å²) in [5.74, 6) is 2.53. The SMILES string of the molecule is C#Cc1ccnc(C)c1.Cc1cc(Br)ccn1. The van der Waals surface area contributed by atoms with Crippen molar-refractivity contribution in [2.75, 3.05) is 0 Å². The molecular formula is C14H13BrN2. The Kier molecular flexibility index (Phi) is 5.38. The van der Waals surface area contributed by atoms with E-state index in [1.807, 2.05) is 38.1 Å². The van der Waals surface area contributed by atoms with E-state index >= 15 is 0 Å². The van der Waals surface area contributed by atoms with Crippen LogP contribution in [0, 0.1) is 26.2 Å². The van der Waals surface area contributed by atoms with Gasteiger partial charge in [0, 0.05) is 33.8 Å². The lowest BCUT2D eigenvalue weighted by Gasteiger charge is -1.89. The number of terminal acetylenes is 1. The summed E-state index contributed by atoms with van der Waals surface area (Å²) in [6, 6.07) is 7.57. The lowest BCUT2D eigenvalue weighted by Crippen LogP contribution is -1.79. The van der Waals surface area contributed by atoms with Gasteiger partial charge in [0.2, 0.25) is 0 Å². The van der Waals surface area contributed by atoms with Gasteiger partial charge in [-0.3, -0.25) is 9.97 Å². The first kappa shape index (κ1) is 13.4. The van der Waals surface area contributed by atoms with Crippen LogP contribution in [0.25, 0.3) is 0 Å². The van der Waals surface area contributed by atoms with E-state index in [-0.39, 0.29) is 0 Å². The Bertz CT molecular complexity index is 512. The van der Waals surface area contributed by atoms with Crippen LogP contribution in [0.5, 0.6) is 0 Å². The van der Waals surface area contributed by atoms with Crippen LogP contribution in [0.4, 0.5) is 0 Å². The standard InChI is InChI=1S/C8H7N.C6H6BrN/c1-3-8-4-5-9-7(2)6-8;1-5-4-6(7)2-3-8-5/h1,4-6H,2H3;2-4H,1H3. The Morgan fingerprint density at radius 2 is 1.65 bits per heavy atom. The first-order valence-electron chi connectivity index (χ1n) is 5.09. The molecule has 0 unspecified atom stereocenters. The Hall–Kier alpha value is -1.66. The van der Waals surface area contributed by atoms with E-state index in [0.29, 0.717) is 0 Å². The lowest BCUT2D eigenvalue weighted by molar-refractivity contribution is 1.19. The molecule has 0 N–H and O–H groups in total. The maximum Gasteiger partial charge on any atom is 0.0385 e. The van der Waals surface area contributed by atoms with Gasteiger partial charge in [0.15, 0.2) is 0 Å². The molecular weight excluding hydrogens is 276 g/mol. The number of halogens is 1. The predicted octanol–water partition coefficient (Wildman–Crippen LogP) is 3.52. The number of nitrogens with zero attached hydrogens (tertiary/aromatic N) is 2. The molecule has 2 aromatic heterocycles. The zero-order chi connectivity index (χ0) is 12.7. The Balaban J connectivity index is 0.000000171. The monoisotopic (exact) mass is 288 g/mol. The minimum atomic E-state index is 0.891. The average Bonchev–Trinajstić information content (AvgIpc) is 2.29. The summed E-state index contributed by atoms with van der Waals surface area (Å²) in [6.45, 7) is 3.88. The van der Waals surface area contributed by atoms with Crippen LogP contribution >= 0.6 is 15.9 Å². The Labute approximate surface area is 110 Å². The molecule has 2 aromatic rings. The first-order valence-corrected chi connectivity index (χ1v) is 5.88. The van der Waals surface area contributed by atoms with Gasteiger partial charge < -0.3 is 0 Å². The van der Waals surface area contributed by atoms with Crippen LogP contribution in [0.3, 0.4) is 0 Å². The molecule has 0 fully saturated rings. The minimum Gasteiger partial charge on any atom is -0.262 e. The number of rotatable bonds is 0. The highest BCUT2D eigenvalue weighted by Crippen LogP contribution is 2.07. The lowest BCUT2D eigenvalue weighted by atomic mass is 10.2. The summed E-state index contributed by atoms with van der Waals surface area (Å²) in [5.41, 5.74) is 2.90. The highest BCUT2D eigenvalue weighted by molar-refractivity contribution is 9.10. The molecule has 2 nitrogen and oxygen atoms in total. The number of hydrogen-bond donors (Lipinski definition) is 0. The molecule has 0 bridgehead atoms. The Morgan fingerprint density at radius 1 is 1.06 bits per heavy atom. The number of aromatic nitrogens is 2. The predicted molar refractivity (Wildman–Crippen MR) is 73.6 cm³/mol. The zero-order valence-electron chi connectivity index (χ0n) is 9.81. The van der Waals surface area contributed by atoms with Crippen LogP contribution in [0.15, 0.2) is 41.1 Å². The normalized spacial score (nSPS) is 8.82. The molecule has 0 saturated heterocycles. The van der Waals surface area contributed by atoms with E-state index in [1.54, 1.807) is 12.4 Å². The van der Waals surface area contributed by atoms with Crippen molar-refractivity contribution in [2.24, 2.45) is 0 Å². The third-order valence-electron chi connectivity index (χ3n) is 1.92. The third-order valence-corrected chi connectivity index (χ3v) is 2.42. The van der Waals surface area contributed by atoms with Gasteiger partial charge in [-0.05, 0) is 38.1 Å². The molecule has 86 valence electrons. The van der Waals surface area contributed by atoms with Gasteiger partial charge in [-0.2, -0.15) is 0 Å². The second-order valence-corrected chi connectivity index (χ2v) is 4.36. The fourth-order valence-electron chi connectivity index (χ4n) is 1.15. The number of pyridine rings is 2. The van der Waals surface area contributed by atoms with Crippen molar-refractivity contribution in [3.05, 3.63) is 58.1 Å². The molecule has 0 spiro atoms. The van der Waals surface area contributed by atoms with Gasteiger partial charge in [-0.15, -0.1) is 6.42 Å². The quantitative estimate of drug-likeness (QED) is 0.693. The van der Waals surface area contributed by atoms with Crippen LogP contribution in [0.2, 0.25) is 0 Å². The van der Waals surface area contributed by atoms with E-state index in [2.05, 4.69) is 31.8 Å². The van der Waals surface area contributed by atoms with Gasteiger partial charge in [-0.1, -0.05) is 21.9 Å². The average molecular weight is 289 g/mol. The smallest absolute Gasteiger partial charge is 0.0385 e. The van der Waals surface area contributed by atoms with Gasteiger partial charge in [0.05, 0.1) is 0 Å². The molecule has 3 heteroatoms. The zero-order valence-corrected chi connectivity index (χ0v) is 11.4. The van der Waals surface area contributed by atoms with Gasteiger partial charge >= 0.3 is 0 Å². The molecule has 0 aliphatic rings. The van der Waals surface area contributed by atoms with Crippen molar-refractivity contribution in [3.63, 3.8) is 0 Å². The van der Waals surface area contributed by atoms with Crippen molar-refractivity contribution in [1.82, 2.24) is 9.97 Å². The highest BCUT2D eigenvalue weighted by atomic mass is 79.9. The van der Waals surface area contributed by atoms with E-state index in [9.17, 15) is 0 Å². The van der Waals surface area contributed by atoms with E-state index in [1.165, 1.54) is 0 Å². The molecule has 2 rings (SSSR count). The maximum absolute atomic E-state index is 5.14. The van der Waals surface area contributed by atoms with E-state index in [4.69, 9.17) is 6.42 Å². The van der Waals surface area contributed by atoms with Crippen molar-refractivity contribution >= 4 is 15.9 Å². The summed E-state index contributed by atoms with van der Waals surface area (Å²) in [5, 5.41) is 0. The summed E-state index contributed by atoms with van der Waals surface area (Å²) in [6.07, 6.45) is 8.63. The largest absolute Gasteiger partial charge is 0.262 e. The molecule has 0 aromatic carbocycles. The highest BCUT2D eigenvalue weighted by Gasteiger charge is 1.85. The second-order valence-electron chi connectivity index (χ2n) is 3.45. The third kappa shape index (κ3) is 5.28. The van der Waals surface area contributed by atoms with Gasteiger partial charge in [0.25, 0.3) is 0 Å². The summed E-state index contributed by atoms with van der Waals surface area (Å²) in [7, 11) is 0. The van der Waals surface area contributed by atoms with Crippen LogP contribution in [-0.2, 0) is 0 Å². The van der Waals surface area contributed by atoms with Crippen molar-refractivity contribution in [1.29, 1.82) is 0 Å². The summed E-state index contributed by atoms with van der Waals surface area (Å²) >= 11 is 3.32. The van der Waals surface area contributed by atoms with Crippen LogP contribution in [-0.4, -0.2) is 9.97 Å². The van der Waals surface area contributed by atoms with Crippen molar-refractivity contribution in [3.8, 4) is 12.3 Å². The van der Waals surface area contributed by atoms with Gasteiger partial charge in [-0.25, -0.2) is 0 Å².